The Morgan fingerprint density at radius 1 is 1.65 bits per heavy atom. The van der Waals surface area contributed by atoms with Gasteiger partial charge in [-0.15, -0.1) is 11.3 Å². The van der Waals surface area contributed by atoms with Crippen molar-refractivity contribution in [3.63, 3.8) is 0 Å². The lowest BCUT2D eigenvalue weighted by Gasteiger charge is -2.23. The minimum atomic E-state index is -0.281. The zero-order valence-corrected chi connectivity index (χ0v) is 11.4. The summed E-state index contributed by atoms with van der Waals surface area (Å²) in [4.78, 5) is 1.33. The number of hydrogen-bond acceptors (Lipinski definition) is 4. The highest BCUT2D eigenvalue weighted by Crippen LogP contribution is 2.22. The number of oxime groups is 1. The van der Waals surface area contributed by atoms with E-state index in [0.29, 0.717) is 6.04 Å². The average Bonchev–Trinajstić information content (AvgIpc) is 2.80. The van der Waals surface area contributed by atoms with Gasteiger partial charge in [-0.05, 0) is 31.3 Å². The summed E-state index contributed by atoms with van der Waals surface area (Å²) in [6.07, 6.45) is 0.832. The van der Waals surface area contributed by atoms with Crippen LogP contribution in [0.1, 0.15) is 38.1 Å². The lowest BCUT2D eigenvalue weighted by molar-refractivity contribution is 0.304. The fourth-order valence-electron chi connectivity index (χ4n) is 1.50. The minimum absolute atomic E-state index is 0.281. The molecule has 96 valence electrons. The molecule has 5 heteroatoms. The van der Waals surface area contributed by atoms with E-state index in [9.17, 15) is 0 Å². The van der Waals surface area contributed by atoms with Crippen LogP contribution < -0.4 is 11.1 Å². The second-order valence-electron chi connectivity index (χ2n) is 4.81. The molecule has 1 rings (SSSR count). The van der Waals surface area contributed by atoms with Gasteiger partial charge in [0.1, 0.15) is 5.84 Å². The molecular weight excluding hydrogens is 234 g/mol. The number of nitrogens with zero attached hydrogens (tertiary/aromatic N) is 1. The normalized spacial score (nSPS) is 14.9. The largest absolute Gasteiger partial charge is 0.409 e. The van der Waals surface area contributed by atoms with E-state index < -0.39 is 0 Å². The van der Waals surface area contributed by atoms with Crippen molar-refractivity contribution in [2.45, 2.75) is 33.2 Å². The third-order valence-corrected chi connectivity index (χ3v) is 4.03. The Hall–Kier alpha value is -1.07. The van der Waals surface area contributed by atoms with Crippen molar-refractivity contribution in [2.24, 2.45) is 16.3 Å². The van der Waals surface area contributed by atoms with Gasteiger partial charge in [0.25, 0.3) is 0 Å². The molecule has 4 nitrogen and oxygen atoms in total. The molecule has 17 heavy (non-hydrogen) atoms. The van der Waals surface area contributed by atoms with E-state index >= 15 is 0 Å². The van der Waals surface area contributed by atoms with E-state index in [0.717, 1.165) is 13.0 Å². The SMILES string of the molecule is CC(NCCC(C)(C)C(N)=NO)c1cccs1. The molecule has 1 aromatic rings. The van der Waals surface area contributed by atoms with Crippen LogP contribution in [0.15, 0.2) is 22.7 Å². The third-order valence-electron chi connectivity index (χ3n) is 2.97. The Labute approximate surface area is 107 Å². The number of nitrogens with one attached hydrogen (secondary N) is 1. The van der Waals surface area contributed by atoms with Crippen LogP contribution in [0.25, 0.3) is 0 Å². The second kappa shape index (κ2) is 6.02. The van der Waals surface area contributed by atoms with Gasteiger partial charge < -0.3 is 16.3 Å². The van der Waals surface area contributed by atoms with Crippen molar-refractivity contribution in [1.82, 2.24) is 5.32 Å². The van der Waals surface area contributed by atoms with Crippen LogP contribution in [0.3, 0.4) is 0 Å². The van der Waals surface area contributed by atoms with Crippen molar-refractivity contribution < 1.29 is 5.21 Å². The van der Waals surface area contributed by atoms with E-state index in [-0.39, 0.29) is 11.3 Å². The number of hydrogen-bond donors (Lipinski definition) is 3. The molecule has 0 amide bonds. The molecule has 0 radical (unpaired) electrons. The Bertz CT molecular complexity index is 360. The summed E-state index contributed by atoms with van der Waals surface area (Å²) >= 11 is 1.75. The molecule has 0 fully saturated rings. The van der Waals surface area contributed by atoms with Crippen molar-refractivity contribution in [3.05, 3.63) is 22.4 Å². The van der Waals surface area contributed by atoms with E-state index in [1.807, 2.05) is 13.8 Å². The van der Waals surface area contributed by atoms with E-state index in [1.54, 1.807) is 11.3 Å². The van der Waals surface area contributed by atoms with Gasteiger partial charge in [-0.1, -0.05) is 25.1 Å². The lowest BCUT2D eigenvalue weighted by Crippen LogP contribution is -2.35. The summed E-state index contributed by atoms with van der Waals surface area (Å²) in [5.74, 6) is 0.281. The fourth-order valence-corrected chi connectivity index (χ4v) is 2.26. The van der Waals surface area contributed by atoms with Gasteiger partial charge in [-0.3, -0.25) is 0 Å². The summed E-state index contributed by atoms with van der Waals surface area (Å²) in [6.45, 7) is 6.92. The maximum absolute atomic E-state index is 8.67. The van der Waals surface area contributed by atoms with Gasteiger partial charge in [0.05, 0.1) is 0 Å². The number of rotatable bonds is 6. The Morgan fingerprint density at radius 3 is 2.88 bits per heavy atom. The average molecular weight is 255 g/mol. The van der Waals surface area contributed by atoms with Gasteiger partial charge >= 0.3 is 0 Å². The molecule has 1 aromatic heterocycles. The lowest BCUT2D eigenvalue weighted by atomic mass is 9.88. The third kappa shape index (κ3) is 4.02. The molecule has 0 aromatic carbocycles. The first-order chi connectivity index (χ1) is 7.97. The summed E-state index contributed by atoms with van der Waals surface area (Å²) in [5, 5.41) is 17.3. The van der Waals surface area contributed by atoms with Crippen LogP contribution in [0.5, 0.6) is 0 Å². The molecule has 4 N–H and O–H groups in total. The second-order valence-corrected chi connectivity index (χ2v) is 5.79. The van der Waals surface area contributed by atoms with Gasteiger partial charge in [-0.2, -0.15) is 0 Å². The van der Waals surface area contributed by atoms with Crippen LogP contribution in [0, 0.1) is 5.41 Å². The summed E-state index contributed by atoms with van der Waals surface area (Å²) in [6, 6.07) is 4.52. The smallest absolute Gasteiger partial charge is 0.144 e. The summed E-state index contributed by atoms with van der Waals surface area (Å²) in [5.41, 5.74) is 5.36. The Balaban J connectivity index is 2.38. The van der Waals surface area contributed by atoms with Gasteiger partial charge in [0.2, 0.25) is 0 Å². The molecule has 0 aliphatic carbocycles. The first kappa shape index (κ1) is 14.0. The maximum Gasteiger partial charge on any atom is 0.144 e. The number of amidine groups is 1. The summed E-state index contributed by atoms with van der Waals surface area (Å²) < 4.78 is 0. The van der Waals surface area contributed by atoms with Crippen LogP contribution >= 0.6 is 11.3 Å². The van der Waals surface area contributed by atoms with Crippen molar-refractivity contribution in [3.8, 4) is 0 Å². The van der Waals surface area contributed by atoms with Crippen molar-refractivity contribution >= 4 is 17.2 Å². The molecule has 0 saturated carbocycles. The monoisotopic (exact) mass is 255 g/mol. The zero-order chi connectivity index (χ0) is 12.9. The molecular formula is C12H21N3OS. The van der Waals surface area contributed by atoms with Gasteiger partial charge in [0, 0.05) is 16.3 Å². The first-order valence-electron chi connectivity index (χ1n) is 5.72. The standard InChI is InChI=1S/C12H21N3OS/c1-9(10-5-4-8-17-10)14-7-6-12(2,3)11(13)15-16/h4-5,8-9,14,16H,6-7H2,1-3H3,(H2,13,15). The van der Waals surface area contributed by atoms with E-state index in [2.05, 4.69) is 34.9 Å². The fraction of sp³-hybridized carbons (Fsp3) is 0.583. The van der Waals surface area contributed by atoms with Crippen molar-refractivity contribution in [2.75, 3.05) is 6.54 Å². The van der Waals surface area contributed by atoms with Crippen LogP contribution in [0.4, 0.5) is 0 Å². The predicted octanol–water partition coefficient (Wildman–Crippen LogP) is 2.56. The molecule has 0 aliphatic rings. The maximum atomic E-state index is 8.67. The molecule has 0 spiro atoms. The van der Waals surface area contributed by atoms with Crippen molar-refractivity contribution in [1.29, 1.82) is 0 Å². The topological polar surface area (TPSA) is 70.6 Å². The highest BCUT2D eigenvalue weighted by Gasteiger charge is 2.23. The molecule has 1 unspecified atom stereocenters. The molecule has 0 aliphatic heterocycles. The molecule has 1 heterocycles. The first-order valence-corrected chi connectivity index (χ1v) is 6.60. The number of nitrogens with two attached hydrogens (primary N) is 1. The molecule has 1 atom stereocenters. The molecule has 0 saturated heterocycles. The van der Waals surface area contributed by atoms with Crippen LogP contribution in [0.2, 0.25) is 0 Å². The zero-order valence-electron chi connectivity index (χ0n) is 10.6. The highest BCUT2D eigenvalue weighted by atomic mass is 32.1. The number of thiophene rings is 1. The summed E-state index contributed by atoms with van der Waals surface area (Å²) in [7, 11) is 0. The van der Waals surface area contributed by atoms with E-state index in [4.69, 9.17) is 10.9 Å². The quantitative estimate of drug-likeness (QED) is 0.317. The minimum Gasteiger partial charge on any atom is -0.409 e. The predicted molar refractivity (Wildman–Crippen MR) is 72.5 cm³/mol. The Kier molecular flexibility index (Phi) is 4.96. The molecule has 0 bridgehead atoms. The van der Waals surface area contributed by atoms with Crippen LogP contribution in [-0.2, 0) is 0 Å². The highest BCUT2D eigenvalue weighted by molar-refractivity contribution is 7.10. The van der Waals surface area contributed by atoms with Gasteiger partial charge in [0.15, 0.2) is 0 Å². The van der Waals surface area contributed by atoms with Gasteiger partial charge in [-0.25, -0.2) is 0 Å². The Morgan fingerprint density at radius 2 is 2.35 bits per heavy atom. The van der Waals surface area contributed by atoms with Crippen LogP contribution in [-0.4, -0.2) is 17.6 Å². The van der Waals surface area contributed by atoms with E-state index in [1.165, 1.54) is 4.88 Å².